The molecule has 0 radical (unpaired) electrons. The second kappa shape index (κ2) is 3.95. The van der Waals surface area contributed by atoms with Gasteiger partial charge in [-0.25, -0.2) is 14.0 Å². The van der Waals surface area contributed by atoms with Crippen molar-refractivity contribution in [2.45, 2.75) is 0 Å². The maximum absolute atomic E-state index is 11.7. The summed E-state index contributed by atoms with van der Waals surface area (Å²) in [6.45, 7) is 0. The molecule has 1 aromatic carbocycles. The van der Waals surface area contributed by atoms with Crippen molar-refractivity contribution in [3.63, 3.8) is 0 Å². The lowest BCUT2D eigenvalue weighted by Crippen LogP contribution is -2.21. The molecule has 0 aliphatic carbocycles. The Balaban J connectivity index is 2.01. The first kappa shape index (κ1) is 10.5. The number of aromatic nitrogens is 6. The molecule has 90 valence electrons. The second-order valence-electron chi connectivity index (χ2n) is 3.74. The SMILES string of the molecule is Cn1ncn(-c2ccc(-n3nccn3)cc2)c1=O. The molecular formula is C11H10N6O. The zero-order valence-corrected chi connectivity index (χ0v) is 9.63. The van der Waals surface area contributed by atoms with Crippen molar-refractivity contribution < 1.29 is 0 Å². The highest BCUT2D eigenvalue weighted by atomic mass is 16.2. The van der Waals surface area contributed by atoms with Gasteiger partial charge in [-0.15, -0.1) is 0 Å². The van der Waals surface area contributed by atoms with E-state index in [1.165, 1.54) is 20.4 Å². The summed E-state index contributed by atoms with van der Waals surface area (Å²) in [4.78, 5) is 13.2. The first-order valence-electron chi connectivity index (χ1n) is 5.33. The molecule has 0 atom stereocenters. The predicted molar refractivity (Wildman–Crippen MR) is 63.7 cm³/mol. The van der Waals surface area contributed by atoms with Crippen LogP contribution in [0.1, 0.15) is 0 Å². The normalized spacial score (nSPS) is 10.7. The van der Waals surface area contributed by atoms with Crippen molar-refractivity contribution in [2.75, 3.05) is 0 Å². The summed E-state index contributed by atoms with van der Waals surface area (Å²) in [5.41, 5.74) is 1.41. The fraction of sp³-hybridized carbons (Fsp3) is 0.0909. The van der Waals surface area contributed by atoms with Crippen LogP contribution >= 0.6 is 0 Å². The summed E-state index contributed by atoms with van der Waals surface area (Å²) in [5, 5.41) is 12.0. The van der Waals surface area contributed by atoms with Gasteiger partial charge in [-0.1, -0.05) is 0 Å². The summed E-state index contributed by atoms with van der Waals surface area (Å²) in [7, 11) is 1.61. The van der Waals surface area contributed by atoms with Gasteiger partial charge in [-0.05, 0) is 24.3 Å². The van der Waals surface area contributed by atoms with Gasteiger partial charge in [0.2, 0.25) is 0 Å². The number of rotatable bonds is 2. The molecule has 7 nitrogen and oxygen atoms in total. The zero-order chi connectivity index (χ0) is 12.5. The Morgan fingerprint density at radius 1 is 0.944 bits per heavy atom. The first-order valence-corrected chi connectivity index (χ1v) is 5.33. The van der Waals surface area contributed by atoms with Crippen LogP contribution in [0, 0.1) is 0 Å². The monoisotopic (exact) mass is 242 g/mol. The van der Waals surface area contributed by atoms with Gasteiger partial charge in [-0.2, -0.15) is 20.1 Å². The molecule has 0 fully saturated rings. The lowest BCUT2D eigenvalue weighted by molar-refractivity contribution is 0.725. The molecule has 7 heteroatoms. The molecule has 0 unspecified atom stereocenters. The zero-order valence-electron chi connectivity index (χ0n) is 9.63. The van der Waals surface area contributed by atoms with Gasteiger partial charge in [0.15, 0.2) is 0 Å². The molecule has 0 amide bonds. The number of benzene rings is 1. The van der Waals surface area contributed by atoms with Gasteiger partial charge in [0.25, 0.3) is 0 Å². The molecule has 3 rings (SSSR count). The van der Waals surface area contributed by atoms with Crippen LogP contribution in [0.15, 0.2) is 47.8 Å². The fourth-order valence-electron chi connectivity index (χ4n) is 1.66. The molecule has 0 saturated carbocycles. The second-order valence-corrected chi connectivity index (χ2v) is 3.74. The molecule has 3 aromatic rings. The maximum atomic E-state index is 11.7. The average molecular weight is 242 g/mol. The van der Waals surface area contributed by atoms with Crippen LogP contribution in [0.2, 0.25) is 0 Å². The molecule has 0 aliphatic rings. The Kier molecular flexibility index (Phi) is 2.30. The Bertz CT molecular complexity index is 707. The van der Waals surface area contributed by atoms with E-state index in [0.29, 0.717) is 0 Å². The van der Waals surface area contributed by atoms with Crippen LogP contribution in [-0.4, -0.2) is 29.3 Å². The van der Waals surface area contributed by atoms with E-state index in [9.17, 15) is 4.79 Å². The summed E-state index contributed by atoms with van der Waals surface area (Å²) in [6.07, 6.45) is 4.71. The average Bonchev–Trinajstić information content (AvgIpc) is 3.02. The number of hydrogen-bond acceptors (Lipinski definition) is 4. The number of hydrogen-bond donors (Lipinski definition) is 0. The highest BCUT2D eigenvalue weighted by Crippen LogP contribution is 2.09. The smallest absolute Gasteiger partial charge is 0.250 e. The minimum Gasteiger partial charge on any atom is -0.250 e. The van der Waals surface area contributed by atoms with E-state index < -0.39 is 0 Å². The molecule has 2 aromatic heterocycles. The summed E-state index contributed by atoms with van der Waals surface area (Å²) < 4.78 is 2.75. The summed E-state index contributed by atoms with van der Waals surface area (Å²) >= 11 is 0. The van der Waals surface area contributed by atoms with Crippen molar-refractivity contribution in [1.29, 1.82) is 0 Å². The van der Waals surface area contributed by atoms with Crippen molar-refractivity contribution in [2.24, 2.45) is 7.05 Å². The number of aryl methyl sites for hydroxylation is 1. The van der Waals surface area contributed by atoms with Gasteiger partial charge in [0.05, 0.1) is 23.8 Å². The largest absolute Gasteiger partial charge is 0.350 e. The predicted octanol–water partition coefficient (Wildman–Crippen LogP) is 0.152. The summed E-state index contributed by atoms with van der Waals surface area (Å²) in [6, 6.07) is 7.33. The van der Waals surface area contributed by atoms with Crippen LogP contribution in [-0.2, 0) is 7.05 Å². The van der Waals surface area contributed by atoms with E-state index in [1.807, 2.05) is 24.3 Å². The van der Waals surface area contributed by atoms with Gasteiger partial charge in [-0.3, -0.25) is 0 Å². The van der Waals surface area contributed by atoms with E-state index in [4.69, 9.17) is 0 Å². The van der Waals surface area contributed by atoms with Crippen LogP contribution < -0.4 is 5.69 Å². The molecule has 18 heavy (non-hydrogen) atoms. The highest BCUT2D eigenvalue weighted by molar-refractivity contribution is 5.40. The Morgan fingerprint density at radius 3 is 2.11 bits per heavy atom. The molecule has 0 saturated heterocycles. The minimum atomic E-state index is -0.181. The fourth-order valence-corrected chi connectivity index (χ4v) is 1.66. The highest BCUT2D eigenvalue weighted by Gasteiger charge is 2.04. The van der Waals surface area contributed by atoms with Crippen molar-refractivity contribution in [3.05, 3.63) is 53.5 Å². The Hall–Kier alpha value is -2.70. The standard InChI is InChI=1S/C11H10N6O/c1-15-11(18)16(8-14-15)9-2-4-10(5-3-9)17-12-6-7-13-17/h2-8H,1H3. The molecule has 0 spiro atoms. The van der Waals surface area contributed by atoms with E-state index in [1.54, 1.807) is 19.4 Å². The molecular weight excluding hydrogens is 232 g/mol. The van der Waals surface area contributed by atoms with Crippen LogP contribution in [0.4, 0.5) is 0 Å². The van der Waals surface area contributed by atoms with Crippen molar-refractivity contribution >= 4 is 0 Å². The van der Waals surface area contributed by atoms with Gasteiger partial charge in [0, 0.05) is 7.05 Å². The number of nitrogens with zero attached hydrogens (tertiary/aromatic N) is 6. The summed E-state index contributed by atoms with van der Waals surface area (Å²) in [5.74, 6) is 0. The van der Waals surface area contributed by atoms with Crippen molar-refractivity contribution in [1.82, 2.24) is 29.3 Å². The van der Waals surface area contributed by atoms with Crippen molar-refractivity contribution in [3.8, 4) is 11.4 Å². The van der Waals surface area contributed by atoms with E-state index in [-0.39, 0.29) is 5.69 Å². The lowest BCUT2D eigenvalue weighted by Gasteiger charge is -2.02. The van der Waals surface area contributed by atoms with E-state index in [2.05, 4.69) is 15.3 Å². The molecule has 2 heterocycles. The molecule has 0 N–H and O–H groups in total. The Morgan fingerprint density at radius 2 is 1.56 bits per heavy atom. The Labute approximate surface area is 102 Å². The van der Waals surface area contributed by atoms with E-state index >= 15 is 0 Å². The first-order chi connectivity index (χ1) is 8.75. The maximum Gasteiger partial charge on any atom is 0.350 e. The third-order valence-corrected chi connectivity index (χ3v) is 2.60. The van der Waals surface area contributed by atoms with Gasteiger partial charge < -0.3 is 0 Å². The lowest BCUT2D eigenvalue weighted by atomic mass is 10.3. The third-order valence-electron chi connectivity index (χ3n) is 2.60. The minimum absolute atomic E-state index is 0.181. The van der Waals surface area contributed by atoms with Gasteiger partial charge >= 0.3 is 5.69 Å². The topological polar surface area (TPSA) is 70.5 Å². The quantitative estimate of drug-likeness (QED) is 0.641. The molecule has 0 bridgehead atoms. The van der Waals surface area contributed by atoms with Crippen LogP contribution in [0.25, 0.3) is 11.4 Å². The molecule has 0 aliphatic heterocycles. The third kappa shape index (κ3) is 1.61. The van der Waals surface area contributed by atoms with Gasteiger partial charge in [0.1, 0.15) is 6.33 Å². The van der Waals surface area contributed by atoms with Crippen LogP contribution in [0.5, 0.6) is 0 Å². The van der Waals surface area contributed by atoms with E-state index in [0.717, 1.165) is 11.4 Å². The van der Waals surface area contributed by atoms with Crippen LogP contribution in [0.3, 0.4) is 0 Å².